The second-order valence-corrected chi connectivity index (χ2v) is 10.5. The van der Waals surface area contributed by atoms with Gasteiger partial charge in [-0.05, 0) is 61.2 Å². The summed E-state index contributed by atoms with van der Waals surface area (Å²) < 4.78 is 20.1. The number of carbonyl (C=O) groups is 1. The number of nitrogens with two attached hydrogens (primary N) is 2. The van der Waals surface area contributed by atoms with E-state index >= 15 is 0 Å². The van der Waals surface area contributed by atoms with Gasteiger partial charge < -0.3 is 20.6 Å². The van der Waals surface area contributed by atoms with E-state index in [0.717, 1.165) is 5.56 Å². The van der Waals surface area contributed by atoms with E-state index in [-0.39, 0.29) is 17.5 Å². The van der Waals surface area contributed by atoms with Crippen molar-refractivity contribution < 1.29 is 24.2 Å². The van der Waals surface area contributed by atoms with E-state index in [9.17, 15) is 14.6 Å². The number of aromatic nitrogens is 1. The van der Waals surface area contributed by atoms with E-state index in [1.165, 1.54) is 32.0 Å². The second-order valence-electron chi connectivity index (χ2n) is 7.60. The molecule has 1 atom stereocenters. The zero-order chi connectivity index (χ0) is 25.6. The van der Waals surface area contributed by atoms with Gasteiger partial charge in [0.1, 0.15) is 11.9 Å². The molecule has 0 aliphatic carbocycles. The second kappa shape index (κ2) is 11.4. The Morgan fingerprint density at radius 1 is 1.31 bits per heavy atom. The van der Waals surface area contributed by atoms with Gasteiger partial charge in [0, 0.05) is 40.5 Å². The predicted octanol–water partition coefficient (Wildman–Crippen LogP) is 2.09. The van der Waals surface area contributed by atoms with Crippen molar-refractivity contribution in [2.24, 2.45) is 5.73 Å². The van der Waals surface area contributed by atoms with Crippen LogP contribution >= 0.6 is 19.0 Å². The minimum atomic E-state index is -3.84. The zero-order valence-corrected chi connectivity index (χ0v) is 21.1. The number of quaternary nitrogens is 1. The van der Waals surface area contributed by atoms with Crippen molar-refractivity contribution in [2.75, 3.05) is 20.8 Å². The lowest BCUT2D eigenvalue weighted by Crippen LogP contribution is -2.76. The molecule has 0 aliphatic rings. The Morgan fingerprint density at radius 2 is 2.09 bits per heavy atom. The molecule has 6 N–H and O–H groups in total. The molecule has 182 valence electrons. The highest BCUT2D eigenvalue weighted by Crippen LogP contribution is 2.47. The van der Waals surface area contributed by atoms with E-state index < -0.39 is 13.3 Å². The first-order chi connectivity index (χ1) is 16.8. The number of carbonyl (C=O) groups excluding carboxylic acids is 1. The van der Waals surface area contributed by atoms with Crippen molar-refractivity contribution in [1.29, 1.82) is 5.26 Å². The number of aryl methyl sites for hydroxylation is 1. The molecule has 2 aromatic carbocycles. The fourth-order valence-corrected chi connectivity index (χ4v) is 6.13. The molecule has 0 aliphatic heterocycles. The van der Waals surface area contributed by atoms with Crippen molar-refractivity contribution in [3.63, 3.8) is 0 Å². The maximum Gasteiger partial charge on any atom is 0.268 e. The van der Waals surface area contributed by atoms with E-state index in [1.54, 1.807) is 49.5 Å². The van der Waals surface area contributed by atoms with Crippen LogP contribution in [0.4, 0.5) is 0 Å². The smallest absolute Gasteiger partial charge is 0.268 e. The predicted molar refractivity (Wildman–Crippen MR) is 136 cm³/mol. The normalized spacial score (nSPS) is 13.6. The van der Waals surface area contributed by atoms with Crippen molar-refractivity contribution >= 4 is 46.4 Å². The van der Waals surface area contributed by atoms with Crippen LogP contribution in [0.3, 0.4) is 0 Å². The highest BCUT2D eigenvalue weighted by Gasteiger charge is 2.36. The molecule has 1 amide bonds. The van der Waals surface area contributed by atoms with Gasteiger partial charge in [-0.1, -0.05) is 11.6 Å². The Morgan fingerprint density at radius 3 is 2.74 bits per heavy atom. The molecule has 0 saturated heterocycles. The van der Waals surface area contributed by atoms with E-state index in [4.69, 9.17) is 26.7 Å². The molecule has 0 spiro atoms. The average Bonchev–Trinajstić information content (AvgIpc) is 3.23. The van der Waals surface area contributed by atoms with Crippen LogP contribution in [0, 0.1) is 18.3 Å². The number of nitrogens with zero attached hydrogens (tertiary/aromatic N) is 1. The van der Waals surface area contributed by atoms with Gasteiger partial charge in [0.25, 0.3) is 13.3 Å². The molecule has 0 saturated carbocycles. The third-order valence-corrected chi connectivity index (χ3v) is 7.97. The molecule has 1 aromatic heterocycles. The first-order valence-electron chi connectivity index (χ1n) is 10.5. The van der Waals surface area contributed by atoms with E-state index in [1.807, 2.05) is 0 Å². The number of rotatable bonds is 9. The number of amides is 1. The Labute approximate surface area is 208 Å². The number of aromatic amines is 1. The SMILES string of the molecule is CO[NH2+]/C=C(\C=C/N)CNC(=O)c1[nH]c2ccc(Cl)cc2c1P(=O)(OC)c1cc(C)cc(C#N)c1. The summed E-state index contributed by atoms with van der Waals surface area (Å²) in [7, 11) is -1.02. The topological polar surface area (TPSA) is 147 Å². The largest absolute Gasteiger partial charge is 0.405 e. The van der Waals surface area contributed by atoms with Crippen LogP contribution in [0.1, 0.15) is 21.6 Å². The van der Waals surface area contributed by atoms with E-state index in [0.29, 0.717) is 32.4 Å². The Hall–Kier alpha value is -3.38. The summed E-state index contributed by atoms with van der Waals surface area (Å²) in [5.74, 6) is -0.508. The molecular weight excluding hydrogens is 489 g/mol. The molecular formula is C24H26ClN5O4P+. The zero-order valence-electron chi connectivity index (χ0n) is 19.5. The van der Waals surface area contributed by atoms with Crippen LogP contribution in [0.15, 0.2) is 60.4 Å². The Kier molecular flexibility index (Phi) is 8.52. The number of hydrogen-bond acceptors (Lipinski definition) is 6. The van der Waals surface area contributed by atoms with Gasteiger partial charge in [0.2, 0.25) is 0 Å². The Bertz CT molecular complexity index is 1410. The summed E-state index contributed by atoms with van der Waals surface area (Å²) in [5, 5.41) is 13.6. The fourth-order valence-electron chi connectivity index (χ4n) is 3.67. The minimum absolute atomic E-state index is 0.0688. The molecule has 9 nitrogen and oxygen atoms in total. The molecule has 11 heteroatoms. The molecule has 0 radical (unpaired) electrons. The lowest BCUT2D eigenvalue weighted by atomic mass is 10.2. The number of hydroxylamine groups is 1. The minimum Gasteiger partial charge on any atom is -0.405 e. The van der Waals surface area contributed by atoms with Gasteiger partial charge in [-0.25, -0.2) is 4.84 Å². The maximum absolute atomic E-state index is 14.5. The molecule has 0 bridgehead atoms. The quantitative estimate of drug-likeness (QED) is 0.195. The summed E-state index contributed by atoms with van der Waals surface area (Å²) in [4.78, 5) is 21.4. The number of fused-ring (bicyclic) bond motifs is 1. The highest BCUT2D eigenvalue weighted by molar-refractivity contribution is 7.75. The van der Waals surface area contributed by atoms with Gasteiger partial charge in [0.15, 0.2) is 0 Å². The molecule has 3 aromatic rings. The molecule has 1 unspecified atom stereocenters. The van der Waals surface area contributed by atoms with Crippen LogP contribution in [0.25, 0.3) is 10.9 Å². The standard InChI is InChI=1S/C24H25ClN5O4P/c1-15-8-17(12-27)10-19(9-15)35(32,34-3)23-20-11-18(25)4-5-21(20)30-22(23)24(31)28-13-16(6-7-26)14-29-33-2/h4-11,14,29-30H,13,26H2,1-3H3,(H,28,31)/p+1/b7-6-,16-14+. The molecule has 3 rings (SSSR count). The molecule has 0 fully saturated rings. The lowest BCUT2D eigenvalue weighted by molar-refractivity contribution is -0.842. The van der Waals surface area contributed by atoms with Crippen LogP contribution in [0.2, 0.25) is 5.02 Å². The number of halogens is 1. The number of H-pyrrole nitrogens is 1. The number of nitrogens with one attached hydrogen (secondary N) is 2. The van der Waals surface area contributed by atoms with Crippen molar-refractivity contribution in [3.05, 3.63) is 82.3 Å². The van der Waals surface area contributed by atoms with Crippen LogP contribution in [-0.2, 0) is 13.9 Å². The third kappa shape index (κ3) is 5.65. The fraction of sp³-hybridized carbons (Fsp3) is 0.167. The Balaban J connectivity index is 2.17. The molecule has 35 heavy (non-hydrogen) atoms. The summed E-state index contributed by atoms with van der Waals surface area (Å²) in [6, 6.07) is 11.9. The summed E-state index contributed by atoms with van der Waals surface area (Å²) in [6.07, 6.45) is 4.63. The average molecular weight is 515 g/mol. The van der Waals surface area contributed by atoms with Crippen LogP contribution in [-0.4, -0.2) is 31.7 Å². The van der Waals surface area contributed by atoms with Gasteiger partial charge in [-0.3, -0.25) is 9.36 Å². The highest BCUT2D eigenvalue weighted by atomic mass is 35.5. The first kappa shape index (κ1) is 26.2. The summed E-state index contributed by atoms with van der Waals surface area (Å²) in [6.45, 7) is 1.92. The summed E-state index contributed by atoms with van der Waals surface area (Å²) in [5.41, 5.74) is 9.33. The lowest BCUT2D eigenvalue weighted by Gasteiger charge is -2.19. The summed E-state index contributed by atoms with van der Waals surface area (Å²) >= 11 is 6.25. The number of hydrogen-bond donors (Lipinski definition) is 4. The van der Waals surface area contributed by atoms with Crippen LogP contribution < -0.4 is 27.1 Å². The van der Waals surface area contributed by atoms with Crippen molar-refractivity contribution in [2.45, 2.75) is 6.92 Å². The van der Waals surface area contributed by atoms with Gasteiger partial charge in [0.05, 0.1) is 24.0 Å². The van der Waals surface area contributed by atoms with Crippen LogP contribution in [0.5, 0.6) is 0 Å². The van der Waals surface area contributed by atoms with E-state index in [2.05, 4.69) is 16.4 Å². The van der Waals surface area contributed by atoms with Gasteiger partial charge in [-0.15, -0.1) is 0 Å². The monoisotopic (exact) mass is 514 g/mol. The third-order valence-electron chi connectivity index (χ3n) is 5.22. The number of nitriles is 1. The molecule has 1 heterocycles. The first-order valence-corrected chi connectivity index (χ1v) is 12.5. The van der Waals surface area contributed by atoms with Gasteiger partial charge in [-0.2, -0.15) is 10.7 Å². The number of benzene rings is 2. The maximum atomic E-state index is 14.5. The van der Waals surface area contributed by atoms with Gasteiger partial charge >= 0.3 is 0 Å². The van der Waals surface area contributed by atoms with Crippen molar-refractivity contribution in [3.8, 4) is 6.07 Å². The van der Waals surface area contributed by atoms with Crippen molar-refractivity contribution in [1.82, 2.24) is 10.3 Å².